The number of nitrogens with zero attached hydrogens (tertiary/aromatic N) is 2. The fourth-order valence-corrected chi connectivity index (χ4v) is 1.80. The third-order valence-corrected chi connectivity index (χ3v) is 3.19. The number of amides is 1. The molecule has 1 heterocycles. The van der Waals surface area contributed by atoms with E-state index < -0.39 is 0 Å². The summed E-state index contributed by atoms with van der Waals surface area (Å²) in [6, 6.07) is 7.40. The molecule has 5 heteroatoms. The summed E-state index contributed by atoms with van der Waals surface area (Å²) in [4.78, 5) is 11.4. The van der Waals surface area contributed by atoms with Crippen LogP contribution in [0, 0.1) is 6.92 Å². The SMILES string of the molecule is CNC(=O)c1ccc(NCc2cnn(C)c2C)cc1. The summed E-state index contributed by atoms with van der Waals surface area (Å²) < 4.78 is 1.85. The molecule has 0 saturated carbocycles. The average molecular weight is 258 g/mol. The predicted molar refractivity (Wildman–Crippen MR) is 75.1 cm³/mol. The first-order valence-corrected chi connectivity index (χ1v) is 6.15. The molecule has 1 aromatic heterocycles. The standard InChI is InChI=1S/C14H18N4O/c1-10-12(9-17-18(10)3)8-16-13-6-4-11(5-7-13)14(19)15-2/h4-7,9,16H,8H2,1-3H3,(H,15,19). The van der Waals surface area contributed by atoms with Crippen LogP contribution in [0.25, 0.3) is 0 Å². The molecule has 0 radical (unpaired) electrons. The third kappa shape index (κ3) is 2.93. The molecule has 0 fully saturated rings. The summed E-state index contributed by atoms with van der Waals surface area (Å²) in [6.45, 7) is 2.76. The number of rotatable bonds is 4. The molecule has 19 heavy (non-hydrogen) atoms. The van der Waals surface area contributed by atoms with E-state index in [0.717, 1.165) is 23.5 Å². The van der Waals surface area contributed by atoms with Crippen molar-refractivity contribution >= 4 is 11.6 Å². The van der Waals surface area contributed by atoms with Crippen molar-refractivity contribution in [1.82, 2.24) is 15.1 Å². The van der Waals surface area contributed by atoms with Gasteiger partial charge in [0.1, 0.15) is 0 Å². The molecule has 1 amide bonds. The molecule has 1 aromatic carbocycles. The highest BCUT2D eigenvalue weighted by Gasteiger charge is 2.04. The Balaban J connectivity index is 2.00. The van der Waals surface area contributed by atoms with Gasteiger partial charge in [-0.2, -0.15) is 5.10 Å². The van der Waals surface area contributed by atoms with Crippen LogP contribution in [0.3, 0.4) is 0 Å². The maximum atomic E-state index is 11.4. The number of carbonyl (C=O) groups is 1. The zero-order chi connectivity index (χ0) is 13.8. The monoisotopic (exact) mass is 258 g/mol. The fraction of sp³-hybridized carbons (Fsp3) is 0.286. The number of aromatic nitrogens is 2. The van der Waals surface area contributed by atoms with Crippen LogP contribution in [0.15, 0.2) is 30.5 Å². The Kier molecular flexibility index (Phi) is 3.85. The second kappa shape index (κ2) is 5.56. The van der Waals surface area contributed by atoms with Gasteiger partial charge in [0.15, 0.2) is 0 Å². The Morgan fingerprint density at radius 3 is 2.53 bits per heavy atom. The van der Waals surface area contributed by atoms with Gasteiger partial charge in [-0.05, 0) is 31.2 Å². The molecule has 2 N–H and O–H groups in total. The molecule has 2 aromatic rings. The Morgan fingerprint density at radius 2 is 2.00 bits per heavy atom. The van der Waals surface area contributed by atoms with E-state index >= 15 is 0 Å². The van der Waals surface area contributed by atoms with Gasteiger partial charge in [-0.25, -0.2) is 0 Å². The summed E-state index contributed by atoms with van der Waals surface area (Å²) in [5, 5.41) is 10.1. The molecule has 0 unspecified atom stereocenters. The van der Waals surface area contributed by atoms with Crippen LogP contribution in [-0.4, -0.2) is 22.7 Å². The van der Waals surface area contributed by atoms with E-state index in [-0.39, 0.29) is 5.91 Å². The summed E-state index contributed by atoms with van der Waals surface area (Å²) in [6.07, 6.45) is 1.86. The van der Waals surface area contributed by atoms with Gasteiger partial charge in [0.05, 0.1) is 6.20 Å². The molecule has 0 atom stereocenters. The zero-order valence-electron chi connectivity index (χ0n) is 11.4. The molecule has 0 aliphatic carbocycles. The van der Waals surface area contributed by atoms with Gasteiger partial charge in [-0.1, -0.05) is 0 Å². The number of anilines is 1. The van der Waals surface area contributed by atoms with Crippen molar-refractivity contribution in [2.24, 2.45) is 7.05 Å². The van der Waals surface area contributed by atoms with E-state index in [4.69, 9.17) is 0 Å². The van der Waals surface area contributed by atoms with Crippen LogP contribution in [0.5, 0.6) is 0 Å². The van der Waals surface area contributed by atoms with Gasteiger partial charge in [-0.15, -0.1) is 0 Å². The lowest BCUT2D eigenvalue weighted by Crippen LogP contribution is -2.17. The van der Waals surface area contributed by atoms with E-state index in [9.17, 15) is 4.79 Å². The molecule has 0 spiro atoms. The molecule has 100 valence electrons. The van der Waals surface area contributed by atoms with Crippen molar-refractivity contribution in [2.45, 2.75) is 13.5 Å². The number of nitrogens with one attached hydrogen (secondary N) is 2. The lowest BCUT2D eigenvalue weighted by atomic mass is 10.2. The quantitative estimate of drug-likeness (QED) is 0.877. The maximum Gasteiger partial charge on any atom is 0.251 e. The number of hydrogen-bond acceptors (Lipinski definition) is 3. The fourth-order valence-electron chi connectivity index (χ4n) is 1.80. The highest BCUT2D eigenvalue weighted by atomic mass is 16.1. The van der Waals surface area contributed by atoms with Crippen molar-refractivity contribution in [3.63, 3.8) is 0 Å². The van der Waals surface area contributed by atoms with Crippen LogP contribution in [-0.2, 0) is 13.6 Å². The molecular weight excluding hydrogens is 240 g/mol. The van der Waals surface area contributed by atoms with E-state index in [1.807, 2.05) is 37.0 Å². The normalized spacial score (nSPS) is 10.3. The smallest absolute Gasteiger partial charge is 0.251 e. The number of carbonyl (C=O) groups excluding carboxylic acids is 1. The Morgan fingerprint density at radius 1 is 1.32 bits per heavy atom. The third-order valence-electron chi connectivity index (χ3n) is 3.19. The van der Waals surface area contributed by atoms with Crippen LogP contribution in [0.4, 0.5) is 5.69 Å². The number of benzene rings is 1. The lowest BCUT2D eigenvalue weighted by Gasteiger charge is -2.07. The predicted octanol–water partition coefficient (Wildman–Crippen LogP) is 1.70. The summed E-state index contributed by atoms with van der Waals surface area (Å²) in [5.41, 5.74) is 3.95. The first-order valence-electron chi connectivity index (χ1n) is 6.15. The minimum atomic E-state index is -0.0744. The molecule has 0 bridgehead atoms. The van der Waals surface area contributed by atoms with Crippen LogP contribution in [0.1, 0.15) is 21.6 Å². The molecule has 5 nitrogen and oxygen atoms in total. The molecule has 0 saturated heterocycles. The van der Waals surface area contributed by atoms with Crippen LogP contribution >= 0.6 is 0 Å². The summed E-state index contributed by atoms with van der Waals surface area (Å²) >= 11 is 0. The van der Waals surface area contributed by atoms with E-state index in [2.05, 4.69) is 15.7 Å². The van der Waals surface area contributed by atoms with Gasteiger partial charge >= 0.3 is 0 Å². The van der Waals surface area contributed by atoms with E-state index in [1.165, 1.54) is 0 Å². The second-order valence-electron chi connectivity index (χ2n) is 4.39. The van der Waals surface area contributed by atoms with Gasteiger partial charge in [0.25, 0.3) is 5.91 Å². The van der Waals surface area contributed by atoms with Gasteiger partial charge < -0.3 is 10.6 Å². The highest BCUT2D eigenvalue weighted by molar-refractivity contribution is 5.94. The molecule has 2 rings (SSSR count). The first-order chi connectivity index (χ1) is 9.11. The second-order valence-corrected chi connectivity index (χ2v) is 4.39. The Bertz CT molecular complexity index is 572. The first kappa shape index (κ1) is 13.1. The maximum absolute atomic E-state index is 11.4. The minimum Gasteiger partial charge on any atom is -0.381 e. The largest absolute Gasteiger partial charge is 0.381 e. The van der Waals surface area contributed by atoms with E-state index in [0.29, 0.717) is 5.56 Å². The average Bonchev–Trinajstić information content (AvgIpc) is 2.76. The topological polar surface area (TPSA) is 59.0 Å². The summed E-state index contributed by atoms with van der Waals surface area (Å²) in [5.74, 6) is -0.0744. The van der Waals surface area contributed by atoms with Crippen molar-refractivity contribution in [3.8, 4) is 0 Å². The minimum absolute atomic E-state index is 0.0744. The van der Waals surface area contributed by atoms with Crippen molar-refractivity contribution in [2.75, 3.05) is 12.4 Å². The van der Waals surface area contributed by atoms with Crippen molar-refractivity contribution < 1.29 is 4.79 Å². The zero-order valence-corrected chi connectivity index (χ0v) is 11.4. The molecule has 0 aliphatic heterocycles. The van der Waals surface area contributed by atoms with Crippen molar-refractivity contribution in [3.05, 3.63) is 47.3 Å². The molecular formula is C14H18N4O. The van der Waals surface area contributed by atoms with Crippen molar-refractivity contribution in [1.29, 1.82) is 0 Å². The van der Waals surface area contributed by atoms with E-state index in [1.54, 1.807) is 19.2 Å². The van der Waals surface area contributed by atoms with Gasteiger partial charge in [0.2, 0.25) is 0 Å². The Labute approximate surface area is 112 Å². The number of hydrogen-bond donors (Lipinski definition) is 2. The van der Waals surface area contributed by atoms with Crippen LogP contribution < -0.4 is 10.6 Å². The van der Waals surface area contributed by atoms with Gasteiger partial charge in [0, 0.05) is 43.1 Å². The molecule has 0 aliphatic rings. The lowest BCUT2D eigenvalue weighted by molar-refractivity contribution is 0.0963. The Hall–Kier alpha value is -2.30. The summed E-state index contributed by atoms with van der Waals surface area (Å²) in [7, 11) is 3.55. The number of aryl methyl sites for hydroxylation is 1. The van der Waals surface area contributed by atoms with Gasteiger partial charge in [-0.3, -0.25) is 9.48 Å². The van der Waals surface area contributed by atoms with Crippen LogP contribution in [0.2, 0.25) is 0 Å². The highest BCUT2D eigenvalue weighted by Crippen LogP contribution is 2.12.